The molecule has 0 aliphatic heterocycles. The average molecular weight is 356 g/mol. The molecule has 1 unspecified atom stereocenters. The standard InChI is InChI=1S/C19H20N2O3S/c1-10-15-12(22)8-19(2,3)9-13(15)24-16(10)17(23)21-18-20-11-6-4-5-7-14(11)25-18/h4-7,12,22H,8-9H2,1-3H3,(H,20,21,23). The number of para-hydroxylation sites is 1. The van der Waals surface area contributed by atoms with Crippen LogP contribution in [0.15, 0.2) is 28.7 Å². The smallest absolute Gasteiger partial charge is 0.293 e. The minimum absolute atomic E-state index is 0.0442. The number of carbonyl (C=O) groups excluding carboxylic acids is 1. The molecule has 0 saturated heterocycles. The summed E-state index contributed by atoms with van der Waals surface area (Å²) >= 11 is 1.43. The van der Waals surface area contributed by atoms with Gasteiger partial charge in [-0.3, -0.25) is 10.1 Å². The van der Waals surface area contributed by atoms with Gasteiger partial charge in [0.1, 0.15) is 5.76 Å². The number of rotatable bonds is 2. The highest BCUT2D eigenvalue weighted by atomic mass is 32.1. The molecule has 0 bridgehead atoms. The second-order valence-electron chi connectivity index (χ2n) is 7.39. The Labute approximate surface area is 149 Å². The molecule has 5 nitrogen and oxygen atoms in total. The molecule has 3 aromatic rings. The van der Waals surface area contributed by atoms with Crippen molar-refractivity contribution in [2.45, 2.75) is 39.7 Å². The molecule has 1 aliphatic carbocycles. The van der Waals surface area contributed by atoms with Gasteiger partial charge in [-0.15, -0.1) is 0 Å². The van der Waals surface area contributed by atoms with Crippen LogP contribution in [0.1, 0.15) is 53.8 Å². The first-order valence-electron chi connectivity index (χ1n) is 8.31. The fraction of sp³-hybridized carbons (Fsp3) is 0.368. The third-order valence-corrected chi connectivity index (χ3v) is 5.66. The zero-order chi connectivity index (χ0) is 17.8. The second-order valence-corrected chi connectivity index (χ2v) is 8.43. The summed E-state index contributed by atoms with van der Waals surface area (Å²) in [5.74, 6) is 0.660. The van der Waals surface area contributed by atoms with Gasteiger partial charge in [0, 0.05) is 17.5 Å². The number of aliphatic hydroxyl groups is 1. The molecule has 1 amide bonds. The predicted molar refractivity (Wildman–Crippen MR) is 98.1 cm³/mol. The van der Waals surface area contributed by atoms with Crippen LogP contribution in [-0.2, 0) is 6.42 Å². The molecule has 0 spiro atoms. The Morgan fingerprint density at radius 3 is 2.92 bits per heavy atom. The molecule has 4 rings (SSSR count). The van der Waals surface area contributed by atoms with Gasteiger partial charge in [0.15, 0.2) is 10.9 Å². The number of fused-ring (bicyclic) bond motifs is 2. The maximum Gasteiger partial charge on any atom is 0.293 e. The zero-order valence-corrected chi connectivity index (χ0v) is 15.2. The Morgan fingerprint density at radius 2 is 2.16 bits per heavy atom. The third kappa shape index (κ3) is 2.85. The van der Waals surface area contributed by atoms with Gasteiger partial charge in [0.05, 0.1) is 16.3 Å². The molecule has 1 aromatic carbocycles. The number of thiazole rings is 1. The van der Waals surface area contributed by atoms with E-state index in [2.05, 4.69) is 24.1 Å². The monoisotopic (exact) mass is 356 g/mol. The topological polar surface area (TPSA) is 75.4 Å². The highest BCUT2D eigenvalue weighted by Gasteiger charge is 2.37. The predicted octanol–water partition coefficient (Wildman–Crippen LogP) is 4.46. The lowest BCUT2D eigenvalue weighted by Gasteiger charge is -2.31. The van der Waals surface area contributed by atoms with E-state index >= 15 is 0 Å². The maximum atomic E-state index is 12.7. The van der Waals surface area contributed by atoms with Crippen LogP contribution in [0.4, 0.5) is 5.13 Å². The minimum Gasteiger partial charge on any atom is -0.455 e. The number of benzene rings is 1. The van der Waals surface area contributed by atoms with E-state index in [9.17, 15) is 9.90 Å². The van der Waals surface area contributed by atoms with Crippen LogP contribution in [0.2, 0.25) is 0 Å². The number of aromatic nitrogens is 1. The van der Waals surface area contributed by atoms with E-state index in [0.29, 0.717) is 18.0 Å². The van der Waals surface area contributed by atoms with E-state index in [1.807, 2.05) is 31.2 Å². The van der Waals surface area contributed by atoms with Crippen molar-refractivity contribution in [3.05, 3.63) is 46.9 Å². The number of carbonyl (C=O) groups is 1. The summed E-state index contributed by atoms with van der Waals surface area (Å²) in [6.45, 7) is 6.02. The number of hydrogen-bond donors (Lipinski definition) is 2. The Kier molecular flexibility index (Phi) is 3.70. The zero-order valence-electron chi connectivity index (χ0n) is 14.4. The van der Waals surface area contributed by atoms with Gasteiger partial charge < -0.3 is 9.52 Å². The Balaban J connectivity index is 1.65. The lowest BCUT2D eigenvalue weighted by Crippen LogP contribution is -2.24. The van der Waals surface area contributed by atoms with Gasteiger partial charge in [-0.1, -0.05) is 37.3 Å². The Hall–Kier alpha value is -2.18. The van der Waals surface area contributed by atoms with E-state index in [-0.39, 0.29) is 17.1 Å². The minimum atomic E-state index is -0.591. The van der Waals surface area contributed by atoms with Crippen molar-refractivity contribution in [2.24, 2.45) is 5.41 Å². The van der Waals surface area contributed by atoms with Crippen LogP contribution in [0, 0.1) is 12.3 Å². The van der Waals surface area contributed by atoms with Crippen LogP contribution in [0.25, 0.3) is 10.2 Å². The molecular weight excluding hydrogens is 336 g/mol. The molecule has 0 radical (unpaired) electrons. The largest absolute Gasteiger partial charge is 0.455 e. The van der Waals surface area contributed by atoms with Gasteiger partial charge in [-0.25, -0.2) is 4.98 Å². The van der Waals surface area contributed by atoms with Crippen molar-refractivity contribution >= 4 is 32.6 Å². The molecule has 2 aromatic heterocycles. The van der Waals surface area contributed by atoms with Crippen molar-refractivity contribution in [2.75, 3.05) is 5.32 Å². The van der Waals surface area contributed by atoms with Crippen molar-refractivity contribution in [1.29, 1.82) is 0 Å². The third-order valence-electron chi connectivity index (χ3n) is 4.71. The summed E-state index contributed by atoms with van der Waals surface area (Å²) in [4.78, 5) is 17.1. The first-order valence-corrected chi connectivity index (χ1v) is 9.13. The van der Waals surface area contributed by atoms with Crippen molar-refractivity contribution in [3.63, 3.8) is 0 Å². The first-order chi connectivity index (χ1) is 11.8. The number of nitrogens with one attached hydrogen (secondary N) is 1. The number of amides is 1. The maximum absolute atomic E-state index is 12.7. The van der Waals surface area contributed by atoms with Crippen molar-refractivity contribution < 1.29 is 14.3 Å². The molecule has 2 N–H and O–H groups in total. The number of hydrogen-bond acceptors (Lipinski definition) is 5. The quantitative estimate of drug-likeness (QED) is 0.711. The summed E-state index contributed by atoms with van der Waals surface area (Å²) in [6, 6.07) is 7.75. The van der Waals surface area contributed by atoms with Gasteiger partial charge in [-0.2, -0.15) is 0 Å². The summed E-state index contributed by atoms with van der Waals surface area (Å²) in [5.41, 5.74) is 2.30. The van der Waals surface area contributed by atoms with Crippen LogP contribution >= 0.6 is 11.3 Å². The van der Waals surface area contributed by atoms with E-state index in [4.69, 9.17) is 4.42 Å². The van der Waals surface area contributed by atoms with Crippen LogP contribution in [0.5, 0.6) is 0 Å². The molecule has 130 valence electrons. The van der Waals surface area contributed by atoms with E-state index < -0.39 is 6.10 Å². The SMILES string of the molecule is Cc1c(C(=O)Nc2nc3ccccc3s2)oc2c1C(O)CC(C)(C)C2. The normalized spacial score (nSPS) is 19.0. The fourth-order valence-electron chi connectivity index (χ4n) is 3.58. The van der Waals surface area contributed by atoms with E-state index in [1.165, 1.54) is 11.3 Å². The molecule has 0 saturated carbocycles. The average Bonchev–Trinajstić information content (AvgIpc) is 3.06. The molecule has 2 heterocycles. The Bertz CT molecular complexity index is 937. The number of anilines is 1. The number of nitrogens with zero attached hydrogens (tertiary/aromatic N) is 1. The summed E-state index contributed by atoms with van der Waals surface area (Å²) in [6.07, 6.45) is 0.792. The molecule has 6 heteroatoms. The molecular formula is C19H20N2O3S. The highest BCUT2D eigenvalue weighted by molar-refractivity contribution is 7.22. The van der Waals surface area contributed by atoms with E-state index in [0.717, 1.165) is 27.1 Å². The first kappa shape index (κ1) is 16.3. The van der Waals surface area contributed by atoms with Crippen molar-refractivity contribution in [3.8, 4) is 0 Å². The second kappa shape index (κ2) is 5.68. The highest BCUT2D eigenvalue weighted by Crippen LogP contribution is 2.44. The van der Waals surface area contributed by atoms with Gasteiger partial charge in [-0.05, 0) is 30.9 Å². The summed E-state index contributed by atoms with van der Waals surface area (Å²) < 4.78 is 6.87. The molecule has 1 atom stereocenters. The Morgan fingerprint density at radius 1 is 1.40 bits per heavy atom. The van der Waals surface area contributed by atoms with E-state index in [1.54, 1.807) is 0 Å². The lowest BCUT2D eigenvalue weighted by molar-refractivity contribution is 0.0910. The van der Waals surface area contributed by atoms with Gasteiger partial charge in [0.25, 0.3) is 5.91 Å². The summed E-state index contributed by atoms with van der Waals surface area (Å²) in [7, 11) is 0. The summed E-state index contributed by atoms with van der Waals surface area (Å²) in [5, 5.41) is 13.8. The number of aliphatic hydroxyl groups excluding tert-OH is 1. The molecule has 25 heavy (non-hydrogen) atoms. The van der Waals surface area contributed by atoms with Gasteiger partial charge in [0.2, 0.25) is 0 Å². The van der Waals surface area contributed by atoms with Crippen LogP contribution in [-0.4, -0.2) is 16.0 Å². The van der Waals surface area contributed by atoms with Crippen LogP contribution < -0.4 is 5.32 Å². The van der Waals surface area contributed by atoms with Crippen molar-refractivity contribution in [1.82, 2.24) is 4.98 Å². The fourth-order valence-corrected chi connectivity index (χ4v) is 4.44. The number of furan rings is 1. The van der Waals surface area contributed by atoms with Gasteiger partial charge >= 0.3 is 0 Å². The van der Waals surface area contributed by atoms with Crippen LogP contribution in [0.3, 0.4) is 0 Å². The lowest BCUT2D eigenvalue weighted by atomic mass is 9.75. The molecule has 1 aliphatic rings. The molecule has 0 fully saturated rings.